The number of benzene rings is 1. The van der Waals surface area contributed by atoms with E-state index >= 15 is 0 Å². The van der Waals surface area contributed by atoms with Crippen molar-refractivity contribution in [2.24, 2.45) is 5.92 Å². The third kappa shape index (κ3) is 3.09. The van der Waals surface area contributed by atoms with Gasteiger partial charge in [0.25, 0.3) is 0 Å². The molecule has 0 radical (unpaired) electrons. The molecule has 25 heavy (non-hydrogen) atoms. The second kappa shape index (κ2) is 6.43. The van der Waals surface area contributed by atoms with E-state index in [0.717, 1.165) is 29.7 Å². The largest absolute Gasteiger partial charge is 0.497 e. The number of fused-ring (bicyclic) bond motifs is 1. The maximum atomic E-state index is 12.1. The van der Waals surface area contributed by atoms with Crippen molar-refractivity contribution in [2.75, 3.05) is 7.11 Å². The van der Waals surface area contributed by atoms with Gasteiger partial charge in [-0.3, -0.25) is 0 Å². The fourth-order valence-corrected chi connectivity index (χ4v) is 3.91. The molecular weight excluding hydrogens is 314 g/mol. The number of ether oxygens (including phenoxy) is 1. The summed E-state index contributed by atoms with van der Waals surface area (Å²) < 4.78 is 5.31. The van der Waals surface area contributed by atoms with Gasteiger partial charge in [0, 0.05) is 6.54 Å². The Balaban J connectivity index is 1.71. The molecule has 1 unspecified atom stereocenters. The highest BCUT2D eigenvalue weighted by atomic mass is 16.5. The van der Waals surface area contributed by atoms with Crippen molar-refractivity contribution in [1.82, 2.24) is 4.90 Å². The molecule has 0 saturated heterocycles. The summed E-state index contributed by atoms with van der Waals surface area (Å²) in [5, 5.41) is 9.94. The Kier molecular flexibility index (Phi) is 4.12. The quantitative estimate of drug-likeness (QED) is 0.855. The van der Waals surface area contributed by atoms with Crippen LogP contribution in [0.1, 0.15) is 31.2 Å². The summed E-state index contributed by atoms with van der Waals surface area (Å²) in [6.45, 7) is 0.586. The molecule has 0 spiro atoms. The first-order valence-corrected chi connectivity index (χ1v) is 8.90. The van der Waals surface area contributed by atoms with Gasteiger partial charge in [0.05, 0.1) is 13.2 Å². The lowest BCUT2D eigenvalue weighted by molar-refractivity contribution is -0.134. The molecule has 0 bridgehead atoms. The fraction of sp³-hybridized carbons (Fsp3) is 0.381. The second-order valence-corrected chi connectivity index (χ2v) is 7.06. The average Bonchev–Trinajstić information content (AvgIpc) is 3.39. The SMILES string of the molecule is COc1cccc(CN2C(C(=O)O)=C(CC3CC3)C3=CC=CCC32)c1. The fourth-order valence-electron chi connectivity index (χ4n) is 3.91. The summed E-state index contributed by atoms with van der Waals surface area (Å²) in [5.41, 5.74) is 3.82. The van der Waals surface area contributed by atoms with Gasteiger partial charge in [-0.05, 0) is 60.4 Å². The summed E-state index contributed by atoms with van der Waals surface area (Å²) >= 11 is 0. The zero-order chi connectivity index (χ0) is 17.4. The van der Waals surface area contributed by atoms with Crippen LogP contribution < -0.4 is 4.74 Å². The van der Waals surface area contributed by atoms with Crippen LogP contribution in [0.25, 0.3) is 0 Å². The van der Waals surface area contributed by atoms with Crippen LogP contribution in [0.2, 0.25) is 0 Å². The maximum Gasteiger partial charge on any atom is 0.352 e. The van der Waals surface area contributed by atoms with Gasteiger partial charge in [-0.2, -0.15) is 0 Å². The summed E-state index contributed by atoms with van der Waals surface area (Å²) in [4.78, 5) is 14.2. The number of nitrogens with zero attached hydrogens (tertiary/aromatic N) is 1. The Morgan fingerprint density at radius 3 is 2.92 bits per heavy atom. The van der Waals surface area contributed by atoms with E-state index in [0.29, 0.717) is 18.2 Å². The molecule has 1 N–H and O–H groups in total. The highest BCUT2D eigenvalue weighted by molar-refractivity contribution is 5.89. The number of carbonyl (C=O) groups is 1. The standard InChI is InChI=1S/C21H23NO3/c1-25-16-6-4-5-15(11-16)13-22-19-8-3-2-7-17(19)18(12-14-9-10-14)20(22)21(23)24/h2-7,11,14,19H,8-10,12-13H2,1H3,(H,23,24). The molecule has 1 saturated carbocycles. The van der Waals surface area contributed by atoms with Crippen molar-refractivity contribution < 1.29 is 14.6 Å². The summed E-state index contributed by atoms with van der Waals surface area (Å²) in [7, 11) is 1.65. The van der Waals surface area contributed by atoms with E-state index in [9.17, 15) is 9.90 Å². The lowest BCUT2D eigenvalue weighted by Crippen LogP contribution is -2.33. The molecule has 1 aromatic rings. The molecule has 1 heterocycles. The molecule has 0 amide bonds. The first kappa shape index (κ1) is 16.0. The highest BCUT2D eigenvalue weighted by Gasteiger charge is 2.41. The van der Waals surface area contributed by atoms with E-state index in [1.54, 1.807) is 7.11 Å². The second-order valence-electron chi connectivity index (χ2n) is 7.06. The van der Waals surface area contributed by atoms with E-state index in [1.807, 2.05) is 24.3 Å². The van der Waals surface area contributed by atoms with Crippen LogP contribution in [-0.4, -0.2) is 29.1 Å². The average molecular weight is 337 g/mol. The van der Waals surface area contributed by atoms with Gasteiger partial charge in [0.2, 0.25) is 0 Å². The van der Waals surface area contributed by atoms with Crippen LogP contribution in [0.15, 0.2) is 59.3 Å². The lowest BCUT2D eigenvalue weighted by Gasteiger charge is -2.29. The van der Waals surface area contributed by atoms with Gasteiger partial charge in [0.15, 0.2) is 0 Å². The number of methoxy groups -OCH3 is 1. The summed E-state index contributed by atoms with van der Waals surface area (Å²) in [5.74, 6) is 0.650. The van der Waals surface area contributed by atoms with E-state index < -0.39 is 5.97 Å². The number of carboxylic acid groups (broad SMARTS) is 1. The van der Waals surface area contributed by atoms with E-state index in [2.05, 4.69) is 23.1 Å². The molecule has 1 fully saturated rings. The predicted molar refractivity (Wildman–Crippen MR) is 96.2 cm³/mol. The van der Waals surface area contributed by atoms with Gasteiger partial charge < -0.3 is 14.7 Å². The predicted octanol–water partition coefficient (Wildman–Crippen LogP) is 3.90. The van der Waals surface area contributed by atoms with Crippen molar-refractivity contribution in [1.29, 1.82) is 0 Å². The van der Waals surface area contributed by atoms with E-state index in [-0.39, 0.29) is 6.04 Å². The van der Waals surface area contributed by atoms with Gasteiger partial charge in [-0.15, -0.1) is 0 Å². The number of hydrogen-bond donors (Lipinski definition) is 1. The summed E-state index contributed by atoms with van der Waals surface area (Å²) in [6.07, 6.45) is 10.5. The number of aliphatic carboxylic acids is 1. The van der Waals surface area contributed by atoms with Crippen molar-refractivity contribution in [3.05, 3.63) is 64.9 Å². The highest BCUT2D eigenvalue weighted by Crippen LogP contribution is 2.45. The smallest absolute Gasteiger partial charge is 0.352 e. The van der Waals surface area contributed by atoms with Crippen LogP contribution in [0.4, 0.5) is 0 Å². The number of hydrogen-bond acceptors (Lipinski definition) is 3. The first-order chi connectivity index (χ1) is 12.2. The van der Waals surface area contributed by atoms with Gasteiger partial charge in [-0.1, -0.05) is 30.4 Å². The number of rotatable bonds is 6. The van der Waals surface area contributed by atoms with Crippen molar-refractivity contribution >= 4 is 5.97 Å². The molecule has 1 atom stereocenters. The molecule has 1 aliphatic heterocycles. The van der Waals surface area contributed by atoms with Crippen LogP contribution >= 0.6 is 0 Å². The van der Waals surface area contributed by atoms with Gasteiger partial charge in [-0.25, -0.2) is 4.79 Å². The van der Waals surface area contributed by atoms with Crippen LogP contribution in [0.5, 0.6) is 5.75 Å². The number of allylic oxidation sites excluding steroid dienone is 2. The Hall–Kier alpha value is -2.49. The van der Waals surface area contributed by atoms with Crippen molar-refractivity contribution in [3.63, 3.8) is 0 Å². The topological polar surface area (TPSA) is 49.8 Å². The minimum absolute atomic E-state index is 0.135. The van der Waals surface area contributed by atoms with E-state index in [4.69, 9.17) is 4.74 Å². The maximum absolute atomic E-state index is 12.1. The molecule has 130 valence electrons. The third-order valence-electron chi connectivity index (χ3n) is 5.31. The molecular formula is C21H23NO3. The van der Waals surface area contributed by atoms with Gasteiger partial charge >= 0.3 is 5.97 Å². The Morgan fingerprint density at radius 1 is 1.36 bits per heavy atom. The van der Waals surface area contributed by atoms with Gasteiger partial charge in [0.1, 0.15) is 11.4 Å². The Labute approximate surface area is 148 Å². The molecule has 1 aromatic carbocycles. The number of carboxylic acids is 1. The monoisotopic (exact) mass is 337 g/mol. The molecule has 3 aliphatic rings. The van der Waals surface area contributed by atoms with Crippen LogP contribution in [0, 0.1) is 5.92 Å². The van der Waals surface area contributed by atoms with Crippen molar-refractivity contribution in [3.8, 4) is 5.75 Å². The minimum Gasteiger partial charge on any atom is -0.497 e. The molecule has 4 nitrogen and oxygen atoms in total. The first-order valence-electron chi connectivity index (χ1n) is 8.90. The molecule has 4 rings (SSSR count). The minimum atomic E-state index is -0.811. The van der Waals surface area contributed by atoms with E-state index in [1.165, 1.54) is 18.4 Å². The lowest BCUT2D eigenvalue weighted by atomic mass is 9.92. The molecule has 4 heteroatoms. The molecule has 2 aliphatic carbocycles. The normalized spacial score (nSPS) is 22.0. The zero-order valence-electron chi connectivity index (χ0n) is 14.4. The third-order valence-corrected chi connectivity index (χ3v) is 5.31. The molecule has 0 aromatic heterocycles. The Morgan fingerprint density at radius 2 is 2.20 bits per heavy atom. The Bertz CT molecular complexity index is 786. The van der Waals surface area contributed by atoms with Crippen molar-refractivity contribution in [2.45, 2.75) is 38.3 Å². The van der Waals surface area contributed by atoms with Crippen LogP contribution in [-0.2, 0) is 11.3 Å². The summed E-state index contributed by atoms with van der Waals surface area (Å²) in [6, 6.07) is 8.02. The van der Waals surface area contributed by atoms with Crippen LogP contribution in [0.3, 0.4) is 0 Å². The zero-order valence-corrected chi connectivity index (χ0v) is 14.4.